The summed E-state index contributed by atoms with van der Waals surface area (Å²) >= 11 is 0. The van der Waals surface area contributed by atoms with Gasteiger partial charge in [0.1, 0.15) is 24.5 Å². The normalized spacial score (nSPS) is 11.1. The van der Waals surface area contributed by atoms with E-state index >= 15 is 0 Å². The van der Waals surface area contributed by atoms with E-state index in [1.165, 1.54) is 0 Å². The summed E-state index contributed by atoms with van der Waals surface area (Å²) in [6.07, 6.45) is 3.45. The molecule has 3 rings (SSSR count). The molecule has 3 aromatic rings. The minimum atomic E-state index is -0.258. The number of hydrogen-bond acceptors (Lipinski definition) is 5. The largest absolute Gasteiger partial charge is 0.388 e. The Kier molecular flexibility index (Phi) is 6.13. The van der Waals surface area contributed by atoms with Crippen LogP contribution in [0.3, 0.4) is 0 Å². The first-order valence-electron chi connectivity index (χ1n) is 9.34. The highest BCUT2D eigenvalue weighted by Crippen LogP contribution is 2.19. The summed E-state index contributed by atoms with van der Waals surface area (Å²) in [5.74, 6) is 0.999. The summed E-state index contributed by atoms with van der Waals surface area (Å²) in [5, 5.41) is 9.71. The number of nitrogens with zero attached hydrogens (tertiary/aromatic N) is 5. The van der Waals surface area contributed by atoms with Crippen molar-refractivity contribution in [3.63, 3.8) is 0 Å². The molecule has 0 aliphatic heterocycles. The maximum atomic E-state index is 12.8. The highest BCUT2D eigenvalue weighted by atomic mass is 16.3. The zero-order valence-electron chi connectivity index (χ0n) is 15.8. The fourth-order valence-corrected chi connectivity index (χ4v) is 3.12. The predicted molar refractivity (Wildman–Crippen MR) is 104 cm³/mol. The van der Waals surface area contributed by atoms with Crippen LogP contribution < -0.4 is 0 Å². The number of rotatable bonds is 8. The third-order valence-electron chi connectivity index (χ3n) is 4.37. The van der Waals surface area contributed by atoms with Crippen molar-refractivity contribution in [3.05, 3.63) is 42.4 Å². The Bertz CT molecular complexity index is 901. The van der Waals surface area contributed by atoms with E-state index in [4.69, 9.17) is 0 Å². The maximum absolute atomic E-state index is 12.8. The first-order valence-corrected chi connectivity index (χ1v) is 9.34. The van der Waals surface area contributed by atoms with Crippen molar-refractivity contribution in [2.45, 2.75) is 39.8 Å². The third-order valence-corrected chi connectivity index (χ3v) is 4.37. The number of aliphatic hydroxyl groups excluding tert-OH is 1. The molecule has 0 saturated carbocycles. The van der Waals surface area contributed by atoms with Crippen LogP contribution in [-0.2, 0) is 17.9 Å². The number of hydrogen-bond donors (Lipinski definition) is 1. The van der Waals surface area contributed by atoms with Crippen molar-refractivity contribution in [2.24, 2.45) is 0 Å². The second-order valence-corrected chi connectivity index (χ2v) is 6.42. The predicted octanol–water partition coefficient (Wildman–Crippen LogP) is 2.63. The molecule has 0 aliphatic carbocycles. The summed E-state index contributed by atoms with van der Waals surface area (Å²) in [4.78, 5) is 28.1. The van der Waals surface area contributed by atoms with Gasteiger partial charge in [-0.25, -0.2) is 15.0 Å². The molecule has 7 heteroatoms. The van der Waals surface area contributed by atoms with Crippen molar-refractivity contribution < 1.29 is 9.90 Å². The fourth-order valence-electron chi connectivity index (χ4n) is 3.12. The fraction of sp³-hybridized carbons (Fsp3) is 0.400. The molecule has 142 valence electrons. The van der Waals surface area contributed by atoms with Gasteiger partial charge in [-0.2, -0.15) is 0 Å². The molecule has 0 fully saturated rings. The Morgan fingerprint density at radius 2 is 1.81 bits per heavy atom. The van der Waals surface area contributed by atoms with Crippen LogP contribution in [0.25, 0.3) is 22.6 Å². The van der Waals surface area contributed by atoms with E-state index in [1.807, 2.05) is 35.2 Å². The Morgan fingerprint density at radius 3 is 2.44 bits per heavy atom. The van der Waals surface area contributed by atoms with Gasteiger partial charge in [0.25, 0.3) is 0 Å². The van der Waals surface area contributed by atoms with Gasteiger partial charge in [-0.05, 0) is 12.8 Å². The molecule has 0 aliphatic rings. The van der Waals surface area contributed by atoms with Crippen LogP contribution in [-0.4, -0.2) is 48.5 Å². The van der Waals surface area contributed by atoms with Crippen LogP contribution in [0.4, 0.5) is 0 Å². The van der Waals surface area contributed by atoms with Gasteiger partial charge < -0.3 is 14.6 Å². The maximum Gasteiger partial charge on any atom is 0.242 e. The average Bonchev–Trinajstić information content (AvgIpc) is 3.05. The third kappa shape index (κ3) is 4.14. The van der Waals surface area contributed by atoms with Gasteiger partial charge in [-0.3, -0.25) is 4.79 Å². The lowest BCUT2D eigenvalue weighted by Gasteiger charge is -2.22. The molecule has 0 saturated heterocycles. The zero-order valence-corrected chi connectivity index (χ0v) is 15.8. The Balaban J connectivity index is 1.98. The molecule has 0 spiro atoms. The molecule has 0 radical (unpaired) electrons. The van der Waals surface area contributed by atoms with Gasteiger partial charge in [-0.15, -0.1) is 0 Å². The van der Waals surface area contributed by atoms with Gasteiger partial charge in [0.05, 0.1) is 6.20 Å². The lowest BCUT2D eigenvalue weighted by Crippen LogP contribution is -2.35. The summed E-state index contributed by atoms with van der Waals surface area (Å²) in [5.41, 5.74) is 2.03. The lowest BCUT2D eigenvalue weighted by molar-refractivity contribution is -0.131. The Labute approximate surface area is 158 Å². The standard InChI is InChI=1S/C20H25N5O2/c1-3-10-24(11-4-2)18(27)13-25-17(14-26)22-16-12-21-19(23-20(16)25)15-8-6-5-7-9-15/h5-9,12,26H,3-4,10-11,13-14H2,1-2H3. The van der Waals surface area contributed by atoms with E-state index in [-0.39, 0.29) is 19.1 Å². The molecule has 27 heavy (non-hydrogen) atoms. The number of carbonyl (C=O) groups is 1. The van der Waals surface area contributed by atoms with Crippen LogP contribution in [0.5, 0.6) is 0 Å². The smallest absolute Gasteiger partial charge is 0.242 e. The summed E-state index contributed by atoms with van der Waals surface area (Å²) in [6.45, 7) is 5.40. The van der Waals surface area contributed by atoms with E-state index in [0.29, 0.717) is 22.8 Å². The second-order valence-electron chi connectivity index (χ2n) is 6.42. The van der Waals surface area contributed by atoms with Gasteiger partial charge in [0.2, 0.25) is 5.91 Å². The zero-order chi connectivity index (χ0) is 19.2. The first kappa shape index (κ1) is 19.0. The first-order chi connectivity index (χ1) is 13.2. The highest BCUT2D eigenvalue weighted by Gasteiger charge is 2.19. The lowest BCUT2D eigenvalue weighted by atomic mass is 10.2. The molecule has 7 nitrogen and oxygen atoms in total. The van der Waals surface area contributed by atoms with Gasteiger partial charge in [0, 0.05) is 18.7 Å². The van der Waals surface area contributed by atoms with Crippen LogP contribution in [0.1, 0.15) is 32.5 Å². The number of aromatic nitrogens is 4. The molecule has 0 bridgehead atoms. The van der Waals surface area contributed by atoms with Crippen LogP contribution in [0, 0.1) is 0 Å². The van der Waals surface area contributed by atoms with E-state index < -0.39 is 0 Å². The quantitative estimate of drug-likeness (QED) is 0.662. The minimum Gasteiger partial charge on any atom is -0.388 e. The van der Waals surface area contributed by atoms with Crippen LogP contribution >= 0.6 is 0 Å². The number of imidazole rings is 1. The molecule has 2 aromatic heterocycles. The summed E-state index contributed by atoms with van der Waals surface area (Å²) in [6, 6.07) is 9.66. The van der Waals surface area contributed by atoms with Gasteiger partial charge in [-0.1, -0.05) is 44.2 Å². The van der Waals surface area contributed by atoms with Crippen molar-refractivity contribution in [3.8, 4) is 11.4 Å². The van der Waals surface area contributed by atoms with Crippen molar-refractivity contribution >= 4 is 17.1 Å². The number of benzene rings is 1. The summed E-state index contributed by atoms with van der Waals surface area (Å²) in [7, 11) is 0. The minimum absolute atomic E-state index is 0.00701. The van der Waals surface area contributed by atoms with Crippen LogP contribution in [0.15, 0.2) is 36.5 Å². The molecule has 1 N–H and O–H groups in total. The SMILES string of the molecule is CCCN(CCC)C(=O)Cn1c(CO)nc2cnc(-c3ccccc3)nc21. The van der Waals surface area contributed by atoms with Crippen LogP contribution in [0.2, 0.25) is 0 Å². The molecular formula is C20H25N5O2. The number of amides is 1. The molecule has 0 atom stereocenters. The molecular weight excluding hydrogens is 342 g/mol. The van der Waals surface area contributed by atoms with Gasteiger partial charge in [0.15, 0.2) is 11.5 Å². The van der Waals surface area contributed by atoms with Crippen molar-refractivity contribution in [2.75, 3.05) is 13.1 Å². The number of carbonyl (C=O) groups excluding carboxylic acids is 1. The summed E-state index contributed by atoms with van der Waals surface area (Å²) < 4.78 is 1.70. The van der Waals surface area contributed by atoms with Gasteiger partial charge >= 0.3 is 0 Å². The van der Waals surface area contributed by atoms with E-state index in [1.54, 1.807) is 10.8 Å². The topological polar surface area (TPSA) is 84.1 Å². The Morgan fingerprint density at radius 1 is 1.11 bits per heavy atom. The monoisotopic (exact) mass is 367 g/mol. The van der Waals surface area contributed by atoms with Crippen molar-refractivity contribution in [1.82, 2.24) is 24.4 Å². The molecule has 2 heterocycles. The average molecular weight is 367 g/mol. The second kappa shape index (κ2) is 8.73. The number of fused-ring (bicyclic) bond motifs is 1. The molecule has 1 amide bonds. The Hall–Kier alpha value is -2.80. The molecule has 0 unspecified atom stereocenters. The molecule has 1 aromatic carbocycles. The van der Waals surface area contributed by atoms with E-state index in [9.17, 15) is 9.90 Å². The van der Waals surface area contributed by atoms with E-state index in [0.717, 1.165) is 31.5 Å². The van der Waals surface area contributed by atoms with E-state index in [2.05, 4.69) is 28.8 Å². The number of aliphatic hydroxyl groups is 1. The highest BCUT2D eigenvalue weighted by molar-refractivity contribution is 5.80. The van der Waals surface area contributed by atoms with Crippen molar-refractivity contribution in [1.29, 1.82) is 0 Å².